The maximum absolute atomic E-state index is 4.60. The van der Waals surface area contributed by atoms with Crippen LogP contribution in [-0.2, 0) is 0 Å². The molecule has 0 aliphatic heterocycles. The zero-order valence-electron chi connectivity index (χ0n) is 12.1. The molecule has 0 saturated carbocycles. The van der Waals surface area contributed by atoms with Gasteiger partial charge >= 0.3 is 0 Å². The third-order valence-corrected chi connectivity index (χ3v) is 2.94. The Kier molecular flexibility index (Phi) is 6.47. The fourth-order valence-electron chi connectivity index (χ4n) is 1.80. The van der Waals surface area contributed by atoms with Crippen LogP contribution in [0.25, 0.3) is 0 Å². The van der Waals surface area contributed by atoms with Crippen LogP contribution in [0.5, 0.6) is 0 Å². The molecule has 102 valence electrons. The highest BCUT2D eigenvalue weighted by molar-refractivity contribution is 5.42. The van der Waals surface area contributed by atoms with Crippen LogP contribution in [0.3, 0.4) is 0 Å². The fraction of sp³-hybridized carbons (Fsp3) is 0.714. The molecule has 18 heavy (non-hydrogen) atoms. The molecule has 0 bridgehead atoms. The number of rotatable bonds is 8. The second-order valence-electron chi connectivity index (χ2n) is 4.68. The SMILES string of the molecule is CCCN(CCC)c1ccnc(NC(C)CC)n1. The monoisotopic (exact) mass is 250 g/mol. The summed E-state index contributed by atoms with van der Waals surface area (Å²) in [4.78, 5) is 11.2. The lowest BCUT2D eigenvalue weighted by molar-refractivity contribution is 0.726. The highest BCUT2D eigenvalue weighted by atomic mass is 15.2. The van der Waals surface area contributed by atoms with Gasteiger partial charge in [0.1, 0.15) is 5.82 Å². The van der Waals surface area contributed by atoms with Gasteiger partial charge in [-0.3, -0.25) is 0 Å². The van der Waals surface area contributed by atoms with Crippen LogP contribution in [0, 0.1) is 0 Å². The van der Waals surface area contributed by atoms with Gasteiger partial charge in [0, 0.05) is 25.3 Å². The second-order valence-corrected chi connectivity index (χ2v) is 4.68. The first-order valence-electron chi connectivity index (χ1n) is 7.05. The van der Waals surface area contributed by atoms with Crippen molar-refractivity contribution in [3.63, 3.8) is 0 Å². The van der Waals surface area contributed by atoms with Crippen molar-refractivity contribution in [2.24, 2.45) is 0 Å². The molecule has 0 radical (unpaired) electrons. The Bertz CT molecular complexity index is 334. The van der Waals surface area contributed by atoms with E-state index < -0.39 is 0 Å². The van der Waals surface area contributed by atoms with E-state index in [0.717, 1.165) is 44.1 Å². The molecule has 1 rings (SSSR count). The van der Waals surface area contributed by atoms with E-state index in [1.165, 1.54) is 0 Å². The Morgan fingerprint density at radius 3 is 2.44 bits per heavy atom. The maximum Gasteiger partial charge on any atom is 0.224 e. The Morgan fingerprint density at radius 1 is 1.22 bits per heavy atom. The molecule has 0 spiro atoms. The minimum Gasteiger partial charge on any atom is -0.356 e. The first-order valence-corrected chi connectivity index (χ1v) is 7.05. The molecular formula is C14H26N4. The van der Waals surface area contributed by atoms with Crippen LogP contribution in [-0.4, -0.2) is 29.1 Å². The summed E-state index contributed by atoms with van der Waals surface area (Å²) in [6.07, 6.45) is 5.18. The first-order chi connectivity index (χ1) is 8.71. The predicted octanol–water partition coefficient (Wildman–Crippen LogP) is 3.31. The lowest BCUT2D eigenvalue weighted by Gasteiger charge is -2.23. The standard InChI is InChI=1S/C14H26N4/c1-5-10-18(11-6-2)13-8-9-15-14(17-13)16-12(4)7-3/h8-9,12H,5-7,10-11H2,1-4H3,(H,15,16,17). The lowest BCUT2D eigenvalue weighted by atomic mass is 10.3. The molecule has 0 aromatic carbocycles. The van der Waals surface area contributed by atoms with Gasteiger partial charge in [-0.1, -0.05) is 20.8 Å². The summed E-state index contributed by atoms with van der Waals surface area (Å²) >= 11 is 0. The van der Waals surface area contributed by atoms with Gasteiger partial charge < -0.3 is 10.2 Å². The summed E-state index contributed by atoms with van der Waals surface area (Å²) in [6.45, 7) is 10.8. The average Bonchev–Trinajstić information content (AvgIpc) is 2.38. The molecule has 1 heterocycles. The van der Waals surface area contributed by atoms with Crippen LogP contribution in [0.15, 0.2) is 12.3 Å². The number of hydrogen-bond acceptors (Lipinski definition) is 4. The van der Waals surface area contributed by atoms with Crippen LogP contribution in [0.4, 0.5) is 11.8 Å². The Labute approximate surface area is 111 Å². The second kappa shape index (κ2) is 7.90. The zero-order chi connectivity index (χ0) is 13.4. The third kappa shape index (κ3) is 4.51. The molecule has 0 aliphatic rings. The van der Waals surface area contributed by atoms with Gasteiger partial charge in [-0.05, 0) is 32.3 Å². The van der Waals surface area contributed by atoms with Crippen molar-refractivity contribution in [1.29, 1.82) is 0 Å². The number of nitrogens with zero attached hydrogens (tertiary/aromatic N) is 3. The van der Waals surface area contributed by atoms with E-state index in [9.17, 15) is 0 Å². The zero-order valence-corrected chi connectivity index (χ0v) is 12.1. The van der Waals surface area contributed by atoms with Crippen molar-refractivity contribution in [1.82, 2.24) is 9.97 Å². The normalized spacial score (nSPS) is 12.2. The molecule has 1 aromatic rings. The summed E-state index contributed by atoms with van der Waals surface area (Å²) in [5.41, 5.74) is 0. The van der Waals surface area contributed by atoms with Crippen molar-refractivity contribution in [2.75, 3.05) is 23.3 Å². The maximum atomic E-state index is 4.60. The van der Waals surface area contributed by atoms with E-state index in [1.54, 1.807) is 0 Å². The number of anilines is 2. The van der Waals surface area contributed by atoms with Crippen LogP contribution in [0.1, 0.15) is 47.0 Å². The minimum atomic E-state index is 0.408. The van der Waals surface area contributed by atoms with Crippen molar-refractivity contribution in [2.45, 2.75) is 53.0 Å². The molecule has 1 atom stereocenters. The Balaban J connectivity index is 2.77. The van der Waals surface area contributed by atoms with E-state index in [2.05, 4.69) is 47.9 Å². The van der Waals surface area contributed by atoms with Gasteiger partial charge in [-0.25, -0.2) is 4.98 Å². The van der Waals surface area contributed by atoms with Crippen molar-refractivity contribution in [3.05, 3.63) is 12.3 Å². The van der Waals surface area contributed by atoms with Crippen LogP contribution < -0.4 is 10.2 Å². The molecule has 4 nitrogen and oxygen atoms in total. The van der Waals surface area contributed by atoms with E-state index in [0.29, 0.717) is 6.04 Å². The Hall–Kier alpha value is -1.32. The predicted molar refractivity (Wildman–Crippen MR) is 78.2 cm³/mol. The fourth-order valence-corrected chi connectivity index (χ4v) is 1.80. The third-order valence-electron chi connectivity index (χ3n) is 2.94. The summed E-state index contributed by atoms with van der Waals surface area (Å²) in [6, 6.07) is 2.40. The molecule has 1 aromatic heterocycles. The van der Waals surface area contributed by atoms with Crippen molar-refractivity contribution in [3.8, 4) is 0 Å². The van der Waals surface area contributed by atoms with Gasteiger partial charge in [0.05, 0.1) is 0 Å². The molecule has 1 unspecified atom stereocenters. The highest BCUT2D eigenvalue weighted by Crippen LogP contribution is 2.14. The number of hydrogen-bond donors (Lipinski definition) is 1. The number of nitrogens with one attached hydrogen (secondary N) is 1. The average molecular weight is 250 g/mol. The molecule has 1 N–H and O–H groups in total. The van der Waals surface area contributed by atoms with Gasteiger partial charge in [0.15, 0.2) is 0 Å². The summed E-state index contributed by atoms with van der Waals surface area (Å²) in [7, 11) is 0. The quantitative estimate of drug-likeness (QED) is 0.768. The molecule has 0 saturated heterocycles. The van der Waals surface area contributed by atoms with E-state index in [1.807, 2.05) is 12.3 Å². The smallest absolute Gasteiger partial charge is 0.224 e. The largest absolute Gasteiger partial charge is 0.356 e. The number of aromatic nitrogens is 2. The van der Waals surface area contributed by atoms with Gasteiger partial charge in [-0.2, -0.15) is 4.98 Å². The molecule has 0 amide bonds. The van der Waals surface area contributed by atoms with Gasteiger partial charge in [0.25, 0.3) is 0 Å². The van der Waals surface area contributed by atoms with Crippen LogP contribution in [0.2, 0.25) is 0 Å². The topological polar surface area (TPSA) is 41.1 Å². The summed E-state index contributed by atoms with van der Waals surface area (Å²) < 4.78 is 0. The van der Waals surface area contributed by atoms with Crippen molar-refractivity contribution >= 4 is 11.8 Å². The molecule has 4 heteroatoms. The summed E-state index contributed by atoms with van der Waals surface area (Å²) in [5, 5.41) is 3.32. The molecular weight excluding hydrogens is 224 g/mol. The molecule has 0 fully saturated rings. The summed E-state index contributed by atoms with van der Waals surface area (Å²) in [5.74, 6) is 1.76. The highest BCUT2D eigenvalue weighted by Gasteiger charge is 2.08. The minimum absolute atomic E-state index is 0.408. The van der Waals surface area contributed by atoms with Crippen LogP contribution >= 0.6 is 0 Å². The van der Waals surface area contributed by atoms with E-state index in [4.69, 9.17) is 0 Å². The van der Waals surface area contributed by atoms with Gasteiger partial charge in [-0.15, -0.1) is 0 Å². The molecule has 0 aliphatic carbocycles. The van der Waals surface area contributed by atoms with Crippen molar-refractivity contribution < 1.29 is 0 Å². The Morgan fingerprint density at radius 2 is 1.89 bits per heavy atom. The van der Waals surface area contributed by atoms with Gasteiger partial charge in [0.2, 0.25) is 5.95 Å². The first kappa shape index (κ1) is 14.7. The van der Waals surface area contributed by atoms with E-state index in [-0.39, 0.29) is 0 Å². The van der Waals surface area contributed by atoms with E-state index >= 15 is 0 Å². The lowest BCUT2D eigenvalue weighted by Crippen LogP contribution is -2.26.